The highest BCUT2D eigenvalue weighted by molar-refractivity contribution is 7.98. The maximum Gasteiger partial charge on any atom is 0.251 e. The van der Waals surface area contributed by atoms with E-state index >= 15 is 0 Å². The molecule has 1 aliphatic rings. The molecule has 176 valence electrons. The summed E-state index contributed by atoms with van der Waals surface area (Å²) in [5, 5.41) is 11.3. The van der Waals surface area contributed by atoms with Crippen molar-refractivity contribution in [3.05, 3.63) is 59.8 Å². The topological polar surface area (TPSA) is 96.7 Å². The van der Waals surface area contributed by atoms with E-state index in [4.69, 9.17) is 0 Å². The number of carbonyl (C=O) groups is 1. The minimum Gasteiger partial charge on any atom is -0.342 e. The largest absolute Gasteiger partial charge is 0.342 e. The Morgan fingerprint density at radius 3 is 2.73 bits per heavy atom. The number of amides is 1. The molecule has 1 aromatic carbocycles. The second-order valence-electron chi connectivity index (χ2n) is 7.90. The summed E-state index contributed by atoms with van der Waals surface area (Å²) < 4.78 is 43.7. The number of carbonyl (C=O) groups excluding carboxylic acids is 1. The van der Waals surface area contributed by atoms with Crippen LogP contribution in [0.15, 0.2) is 47.5 Å². The van der Waals surface area contributed by atoms with Crippen LogP contribution in [0.5, 0.6) is 0 Å². The summed E-state index contributed by atoms with van der Waals surface area (Å²) in [5.74, 6) is -0.00954. The van der Waals surface area contributed by atoms with Crippen molar-refractivity contribution in [3.8, 4) is 0 Å². The number of thioether (sulfide) groups is 1. The Labute approximate surface area is 196 Å². The van der Waals surface area contributed by atoms with Gasteiger partial charge in [0.05, 0.1) is 6.04 Å². The van der Waals surface area contributed by atoms with Crippen LogP contribution in [0.3, 0.4) is 0 Å². The molecule has 1 aliphatic heterocycles. The lowest BCUT2D eigenvalue weighted by atomic mass is 10.1. The number of nitrogens with zero attached hydrogens (tertiary/aromatic N) is 4. The Morgan fingerprint density at radius 1 is 1.18 bits per heavy atom. The van der Waals surface area contributed by atoms with E-state index in [1.165, 1.54) is 10.4 Å². The molecular formula is C22H26FN5O3S2. The SMILES string of the molecule is CSCC[C@@H](NC(=O)c1ccc(F)c(S(=O)(=O)N2CCCCC2)c1)c1nnc2ccccn12. The van der Waals surface area contributed by atoms with Crippen LogP contribution >= 0.6 is 11.8 Å². The minimum atomic E-state index is -4.01. The van der Waals surface area contributed by atoms with Gasteiger partial charge in [0.1, 0.15) is 10.7 Å². The first-order chi connectivity index (χ1) is 15.9. The monoisotopic (exact) mass is 491 g/mol. The number of benzene rings is 1. The molecule has 4 rings (SSSR count). The highest BCUT2D eigenvalue weighted by Gasteiger charge is 2.30. The van der Waals surface area contributed by atoms with Crippen molar-refractivity contribution in [2.45, 2.75) is 36.6 Å². The summed E-state index contributed by atoms with van der Waals surface area (Å²) in [5.41, 5.74) is 0.738. The van der Waals surface area contributed by atoms with Gasteiger partial charge in [-0.25, -0.2) is 12.8 Å². The van der Waals surface area contributed by atoms with Gasteiger partial charge in [0.15, 0.2) is 11.5 Å². The smallest absolute Gasteiger partial charge is 0.251 e. The molecule has 11 heteroatoms. The average molecular weight is 492 g/mol. The van der Waals surface area contributed by atoms with Crippen LogP contribution in [-0.2, 0) is 10.0 Å². The van der Waals surface area contributed by atoms with E-state index in [2.05, 4.69) is 15.5 Å². The first kappa shape index (κ1) is 23.7. The van der Waals surface area contributed by atoms with E-state index in [1.807, 2.05) is 35.1 Å². The Bertz CT molecular complexity index is 1240. The molecule has 3 heterocycles. The maximum atomic E-state index is 14.5. The molecule has 0 aliphatic carbocycles. The number of rotatable bonds is 8. The number of pyridine rings is 1. The summed E-state index contributed by atoms with van der Waals surface area (Å²) in [6.07, 6.45) is 6.83. The van der Waals surface area contributed by atoms with Crippen LogP contribution in [0, 0.1) is 5.82 Å². The van der Waals surface area contributed by atoms with Gasteiger partial charge in [-0.05, 0) is 61.6 Å². The number of hydrogen-bond donors (Lipinski definition) is 1. The highest BCUT2D eigenvalue weighted by Crippen LogP contribution is 2.25. The zero-order valence-corrected chi connectivity index (χ0v) is 19.9. The lowest BCUT2D eigenvalue weighted by Crippen LogP contribution is -2.36. The second kappa shape index (κ2) is 10.2. The number of hydrogen-bond acceptors (Lipinski definition) is 6. The van der Waals surface area contributed by atoms with Crippen molar-refractivity contribution >= 4 is 33.3 Å². The Morgan fingerprint density at radius 2 is 1.97 bits per heavy atom. The van der Waals surface area contributed by atoms with Crippen LogP contribution in [0.2, 0.25) is 0 Å². The summed E-state index contributed by atoms with van der Waals surface area (Å²) in [7, 11) is -4.01. The normalized spacial score (nSPS) is 16.1. The summed E-state index contributed by atoms with van der Waals surface area (Å²) in [6, 6.07) is 8.54. The van der Waals surface area contributed by atoms with E-state index in [0.717, 1.165) is 37.1 Å². The summed E-state index contributed by atoms with van der Waals surface area (Å²) in [6.45, 7) is 0.712. The zero-order valence-electron chi connectivity index (χ0n) is 18.3. The van der Waals surface area contributed by atoms with E-state index in [1.54, 1.807) is 11.8 Å². The van der Waals surface area contributed by atoms with E-state index in [0.29, 0.717) is 31.0 Å². The van der Waals surface area contributed by atoms with Crippen LogP contribution in [-0.4, -0.2) is 58.3 Å². The van der Waals surface area contributed by atoms with E-state index < -0.39 is 32.7 Å². The first-order valence-corrected chi connectivity index (χ1v) is 13.6. The lowest BCUT2D eigenvalue weighted by molar-refractivity contribution is 0.0933. The zero-order chi connectivity index (χ0) is 23.4. The van der Waals surface area contributed by atoms with Crippen molar-refractivity contribution in [2.24, 2.45) is 0 Å². The molecule has 8 nitrogen and oxygen atoms in total. The predicted octanol–water partition coefficient (Wildman–Crippen LogP) is 3.27. The molecule has 1 fully saturated rings. The van der Waals surface area contributed by atoms with Crippen molar-refractivity contribution in [1.29, 1.82) is 0 Å². The third-order valence-electron chi connectivity index (χ3n) is 5.69. The molecular weight excluding hydrogens is 465 g/mol. The van der Waals surface area contributed by atoms with Crippen molar-refractivity contribution in [3.63, 3.8) is 0 Å². The van der Waals surface area contributed by atoms with Gasteiger partial charge in [-0.15, -0.1) is 10.2 Å². The molecule has 2 aromatic heterocycles. The predicted molar refractivity (Wildman–Crippen MR) is 125 cm³/mol. The molecule has 33 heavy (non-hydrogen) atoms. The molecule has 1 N–H and O–H groups in total. The Balaban J connectivity index is 1.62. The van der Waals surface area contributed by atoms with Crippen LogP contribution < -0.4 is 5.32 Å². The number of aromatic nitrogens is 3. The quantitative estimate of drug-likeness (QED) is 0.520. The van der Waals surface area contributed by atoms with Gasteiger partial charge < -0.3 is 5.32 Å². The van der Waals surface area contributed by atoms with Gasteiger partial charge in [0.2, 0.25) is 10.0 Å². The van der Waals surface area contributed by atoms with Crippen molar-refractivity contribution in [2.75, 3.05) is 25.1 Å². The van der Waals surface area contributed by atoms with Crippen LogP contribution in [0.4, 0.5) is 4.39 Å². The van der Waals surface area contributed by atoms with Gasteiger partial charge in [-0.2, -0.15) is 16.1 Å². The average Bonchev–Trinajstić information content (AvgIpc) is 3.26. The molecule has 1 atom stereocenters. The van der Waals surface area contributed by atoms with E-state index in [9.17, 15) is 17.6 Å². The van der Waals surface area contributed by atoms with Crippen molar-refractivity contribution < 1.29 is 17.6 Å². The molecule has 0 saturated carbocycles. The first-order valence-electron chi connectivity index (χ1n) is 10.8. The molecule has 1 amide bonds. The summed E-state index contributed by atoms with van der Waals surface area (Å²) >= 11 is 1.64. The van der Waals surface area contributed by atoms with Crippen molar-refractivity contribution in [1.82, 2.24) is 24.2 Å². The fraction of sp³-hybridized carbons (Fsp3) is 0.409. The standard InChI is InChI=1S/C22H26FN5O3S2/c1-32-14-10-18(21-26-25-20-7-3-6-13-28(20)21)24-22(29)16-8-9-17(23)19(15-16)33(30,31)27-11-4-2-5-12-27/h3,6-9,13,15,18H,2,4-5,10-12,14H2,1H3,(H,24,29)/t18-/m1/s1. The number of halogens is 1. The summed E-state index contributed by atoms with van der Waals surface area (Å²) in [4.78, 5) is 12.6. The fourth-order valence-corrected chi connectivity index (χ4v) is 6.01. The molecule has 0 radical (unpaired) electrons. The number of piperidine rings is 1. The molecule has 3 aromatic rings. The van der Waals surface area contributed by atoms with E-state index in [-0.39, 0.29) is 5.56 Å². The van der Waals surface area contributed by atoms with Gasteiger partial charge >= 0.3 is 0 Å². The molecule has 0 bridgehead atoms. The van der Waals surface area contributed by atoms with Crippen LogP contribution in [0.1, 0.15) is 47.9 Å². The third-order valence-corrected chi connectivity index (χ3v) is 8.25. The van der Waals surface area contributed by atoms with Gasteiger partial charge in [0, 0.05) is 24.8 Å². The number of fused-ring (bicyclic) bond motifs is 1. The maximum absolute atomic E-state index is 14.5. The van der Waals surface area contributed by atoms with Gasteiger partial charge in [0.25, 0.3) is 5.91 Å². The number of nitrogens with one attached hydrogen (secondary N) is 1. The molecule has 0 spiro atoms. The third kappa shape index (κ3) is 5.04. The molecule has 0 unspecified atom stereocenters. The van der Waals surface area contributed by atoms with Crippen LogP contribution in [0.25, 0.3) is 5.65 Å². The van der Waals surface area contributed by atoms with Gasteiger partial charge in [-0.1, -0.05) is 12.5 Å². The Kier molecular flexibility index (Phi) is 7.30. The number of sulfonamides is 1. The fourth-order valence-electron chi connectivity index (χ4n) is 3.93. The Hall–Kier alpha value is -2.50. The lowest BCUT2D eigenvalue weighted by Gasteiger charge is -2.26. The highest BCUT2D eigenvalue weighted by atomic mass is 32.2. The molecule has 1 saturated heterocycles. The van der Waals surface area contributed by atoms with Gasteiger partial charge in [-0.3, -0.25) is 9.20 Å². The minimum absolute atomic E-state index is 0.0787. The second-order valence-corrected chi connectivity index (χ2v) is 10.8.